The molecule has 3 aromatic rings. The molecule has 0 aliphatic rings. The van der Waals surface area contributed by atoms with E-state index in [-0.39, 0.29) is 6.61 Å². The molecule has 25 heavy (non-hydrogen) atoms. The topological polar surface area (TPSA) is 41.9 Å². The van der Waals surface area contributed by atoms with E-state index in [2.05, 4.69) is 17.0 Å². The number of hydrogen-bond acceptors (Lipinski definition) is 4. The first-order chi connectivity index (χ1) is 12.3. The summed E-state index contributed by atoms with van der Waals surface area (Å²) in [6.07, 6.45) is 0. The van der Waals surface area contributed by atoms with Gasteiger partial charge < -0.3 is 19.5 Å². The van der Waals surface area contributed by atoms with Crippen LogP contribution in [0.15, 0.2) is 78.9 Å². The summed E-state index contributed by atoms with van der Waals surface area (Å²) >= 11 is 0. The van der Waals surface area contributed by atoms with Crippen LogP contribution in [0.2, 0.25) is 0 Å². The second kappa shape index (κ2) is 8.22. The highest BCUT2D eigenvalue weighted by molar-refractivity contribution is 5.76. The molecular weight excluding hydrogens is 314 g/mol. The Morgan fingerprint density at radius 1 is 0.720 bits per heavy atom. The van der Waals surface area contributed by atoms with Crippen molar-refractivity contribution in [2.24, 2.45) is 0 Å². The van der Waals surface area contributed by atoms with Gasteiger partial charge in [-0.05, 0) is 60.7 Å². The number of nitrogens with zero attached hydrogens (tertiary/aromatic N) is 1. The number of para-hydroxylation sites is 1. The van der Waals surface area contributed by atoms with Crippen LogP contribution in [0.25, 0.3) is 0 Å². The lowest BCUT2D eigenvalue weighted by molar-refractivity contribution is 0.201. The number of benzene rings is 3. The molecule has 4 heteroatoms. The second-order valence-corrected chi connectivity index (χ2v) is 5.43. The van der Waals surface area contributed by atoms with E-state index >= 15 is 0 Å². The lowest BCUT2D eigenvalue weighted by Gasteiger charge is -2.25. The summed E-state index contributed by atoms with van der Waals surface area (Å²) in [6, 6.07) is 26.0. The van der Waals surface area contributed by atoms with E-state index in [1.165, 1.54) is 0 Å². The highest BCUT2D eigenvalue weighted by atomic mass is 16.5. The minimum atomic E-state index is 0.00371. The molecule has 128 valence electrons. The number of methoxy groups -OCH3 is 1. The van der Waals surface area contributed by atoms with Crippen LogP contribution in [0.5, 0.6) is 11.5 Å². The van der Waals surface area contributed by atoms with Crippen LogP contribution in [0, 0.1) is 0 Å². The number of ether oxygens (including phenoxy) is 2. The first-order valence-electron chi connectivity index (χ1n) is 8.15. The van der Waals surface area contributed by atoms with Gasteiger partial charge in [-0.1, -0.05) is 18.2 Å². The summed E-state index contributed by atoms with van der Waals surface area (Å²) < 4.78 is 10.7. The fourth-order valence-corrected chi connectivity index (χ4v) is 2.61. The van der Waals surface area contributed by atoms with E-state index in [0.717, 1.165) is 28.6 Å². The van der Waals surface area contributed by atoms with Crippen LogP contribution >= 0.6 is 0 Å². The van der Waals surface area contributed by atoms with Gasteiger partial charge in [-0.25, -0.2) is 0 Å². The summed E-state index contributed by atoms with van der Waals surface area (Å²) in [6.45, 7) is 0.296. The van der Waals surface area contributed by atoms with Crippen molar-refractivity contribution in [1.82, 2.24) is 0 Å². The molecule has 0 amide bonds. The molecule has 0 aliphatic carbocycles. The molecule has 0 saturated heterocycles. The Balaban J connectivity index is 1.96. The molecule has 0 fully saturated rings. The lowest BCUT2D eigenvalue weighted by atomic mass is 10.2. The van der Waals surface area contributed by atoms with Gasteiger partial charge in [0.2, 0.25) is 0 Å². The molecule has 0 spiro atoms. The largest absolute Gasteiger partial charge is 0.497 e. The Bertz CT molecular complexity index is 771. The summed E-state index contributed by atoms with van der Waals surface area (Å²) in [5, 5.41) is 8.87. The average molecular weight is 335 g/mol. The van der Waals surface area contributed by atoms with Crippen LogP contribution in [0.3, 0.4) is 0 Å². The third-order valence-electron chi connectivity index (χ3n) is 3.80. The highest BCUT2D eigenvalue weighted by Crippen LogP contribution is 2.35. The van der Waals surface area contributed by atoms with E-state index in [1.807, 2.05) is 66.7 Å². The SMILES string of the molecule is COc1ccc(N(c2ccccc2)c2ccc(OCCO)cc2)cc1. The summed E-state index contributed by atoms with van der Waals surface area (Å²) in [4.78, 5) is 2.16. The van der Waals surface area contributed by atoms with Crippen molar-refractivity contribution in [3.05, 3.63) is 78.9 Å². The van der Waals surface area contributed by atoms with Crippen molar-refractivity contribution in [3.63, 3.8) is 0 Å². The van der Waals surface area contributed by atoms with Crippen molar-refractivity contribution >= 4 is 17.1 Å². The Morgan fingerprint density at radius 2 is 1.24 bits per heavy atom. The fraction of sp³-hybridized carbons (Fsp3) is 0.143. The Kier molecular flexibility index (Phi) is 5.54. The maximum atomic E-state index is 8.87. The maximum absolute atomic E-state index is 8.87. The van der Waals surface area contributed by atoms with Gasteiger partial charge in [0.25, 0.3) is 0 Å². The predicted octanol–water partition coefficient (Wildman–Crippen LogP) is 4.54. The van der Waals surface area contributed by atoms with E-state index < -0.39 is 0 Å². The van der Waals surface area contributed by atoms with Crippen LogP contribution in [-0.4, -0.2) is 25.4 Å². The standard InChI is InChI=1S/C21H21NO3/c1-24-20-11-7-18(8-12-20)22(17-5-3-2-4-6-17)19-9-13-21(14-10-19)25-16-15-23/h2-14,23H,15-16H2,1H3. The molecule has 3 rings (SSSR count). The van der Waals surface area contributed by atoms with Crippen molar-refractivity contribution < 1.29 is 14.6 Å². The minimum absolute atomic E-state index is 0.00371. The average Bonchev–Trinajstić information content (AvgIpc) is 2.69. The summed E-state index contributed by atoms with van der Waals surface area (Å²) in [5.41, 5.74) is 3.13. The van der Waals surface area contributed by atoms with Crippen LogP contribution in [0.1, 0.15) is 0 Å². The first-order valence-corrected chi connectivity index (χ1v) is 8.15. The van der Waals surface area contributed by atoms with E-state index in [9.17, 15) is 0 Å². The molecule has 1 N–H and O–H groups in total. The molecular formula is C21H21NO3. The van der Waals surface area contributed by atoms with Gasteiger partial charge in [0.05, 0.1) is 13.7 Å². The normalized spacial score (nSPS) is 10.3. The molecule has 0 aliphatic heterocycles. The smallest absolute Gasteiger partial charge is 0.119 e. The fourth-order valence-electron chi connectivity index (χ4n) is 2.61. The molecule has 0 atom stereocenters. The zero-order valence-electron chi connectivity index (χ0n) is 14.1. The highest BCUT2D eigenvalue weighted by Gasteiger charge is 2.12. The number of aliphatic hydroxyl groups excluding tert-OH is 1. The van der Waals surface area contributed by atoms with Gasteiger partial charge in [0.1, 0.15) is 18.1 Å². The molecule has 4 nitrogen and oxygen atoms in total. The molecule has 0 radical (unpaired) electrons. The molecule has 3 aromatic carbocycles. The summed E-state index contributed by atoms with van der Waals surface area (Å²) in [5.74, 6) is 1.56. The van der Waals surface area contributed by atoms with Crippen molar-refractivity contribution in [1.29, 1.82) is 0 Å². The van der Waals surface area contributed by atoms with E-state index in [1.54, 1.807) is 7.11 Å². The van der Waals surface area contributed by atoms with Crippen LogP contribution in [-0.2, 0) is 0 Å². The third-order valence-corrected chi connectivity index (χ3v) is 3.80. The Morgan fingerprint density at radius 3 is 1.76 bits per heavy atom. The molecule has 0 saturated carbocycles. The van der Waals surface area contributed by atoms with Gasteiger partial charge >= 0.3 is 0 Å². The number of rotatable bonds is 7. The number of aliphatic hydroxyl groups is 1. The first kappa shape index (κ1) is 16.9. The predicted molar refractivity (Wildman–Crippen MR) is 100 cm³/mol. The maximum Gasteiger partial charge on any atom is 0.119 e. The number of hydrogen-bond donors (Lipinski definition) is 1. The van der Waals surface area contributed by atoms with Crippen LogP contribution in [0.4, 0.5) is 17.1 Å². The molecule has 0 aromatic heterocycles. The summed E-state index contributed by atoms with van der Waals surface area (Å²) in [7, 11) is 1.66. The zero-order chi connectivity index (χ0) is 17.5. The van der Waals surface area contributed by atoms with Crippen LogP contribution < -0.4 is 14.4 Å². The van der Waals surface area contributed by atoms with Crippen molar-refractivity contribution in [2.45, 2.75) is 0 Å². The molecule has 0 heterocycles. The Hall–Kier alpha value is -2.98. The number of anilines is 3. The molecule has 0 bridgehead atoms. The van der Waals surface area contributed by atoms with Gasteiger partial charge in [0.15, 0.2) is 0 Å². The van der Waals surface area contributed by atoms with E-state index in [0.29, 0.717) is 6.61 Å². The molecule has 0 unspecified atom stereocenters. The Labute approximate surface area is 147 Å². The van der Waals surface area contributed by atoms with Crippen molar-refractivity contribution in [2.75, 3.05) is 25.2 Å². The van der Waals surface area contributed by atoms with Crippen molar-refractivity contribution in [3.8, 4) is 11.5 Å². The third kappa shape index (κ3) is 4.11. The van der Waals surface area contributed by atoms with Gasteiger partial charge in [0, 0.05) is 17.1 Å². The monoisotopic (exact) mass is 335 g/mol. The van der Waals surface area contributed by atoms with Gasteiger partial charge in [-0.2, -0.15) is 0 Å². The minimum Gasteiger partial charge on any atom is -0.497 e. The van der Waals surface area contributed by atoms with Gasteiger partial charge in [-0.15, -0.1) is 0 Å². The van der Waals surface area contributed by atoms with Gasteiger partial charge in [-0.3, -0.25) is 0 Å². The lowest BCUT2D eigenvalue weighted by Crippen LogP contribution is -2.10. The quantitative estimate of drug-likeness (QED) is 0.688. The second-order valence-electron chi connectivity index (χ2n) is 5.43. The van der Waals surface area contributed by atoms with E-state index in [4.69, 9.17) is 14.6 Å². The zero-order valence-corrected chi connectivity index (χ0v) is 14.1.